The molecular weight excluding hydrogens is 284 g/mol. The Morgan fingerprint density at radius 3 is 2.88 bits per heavy atom. The number of hydrogen-bond donors (Lipinski definition) is 0. The van der Waals surface area contributed by atoms with Gasteiger partial charge < -0.3 is 4.74 Å². The van der Waals surface area contributed by atoms with Gasteiger partial charge >= 0.3 is 0 Å². The van der Waals surface area contributed by atoms with E-state index in [1.54, 1.807) is 18.1 Å². The number of ether oxygens (including phenoxy) is 1. The summed E-state index contributed by atoms with van der Waals surface area (Å²) in [6, 6.07) is 3.69. The van der Waals surface area contributed by atoms with Gasteiger partial charge in [-0.3, -0.25) is 9.69 Å². The molecule has 0 spiro atoms. The first-order valence-electron chi connectivity index (χ1n) is 5.65. The van der Waals surface area contributed by atoms with Crippen LogP contribution in [-0.2, 0) is 9.53 Å². The monoisotopic (exact) mass is 298 g/mol. The standard InChI is InChI=1S/C12H15BrN2O2/c1-15(11-8-10(13)2-5-14-11)12(16)9-3-6-17-7-4-9/h2,5,8-9H,3-4,6-7H2,1H3. The number of hydrogen-bond acceptors (Lipinski definition) is 3. The zero-order valence-corrected chi connectivity index (χ0v) is 11.3. The van der Waals surface area contributed by atoms with E-state index in [9.17, 15) is 4.79 Å². The van der Waals surface area contributed by atoms with E-state index < -0.39 is 0 Å². The second-order valence-electron chi connectivity index (χ2n) is 4.12. The smallest absolute Gasteiger partial charge is 0.231 e. The average Bonchev–Trinajstić information content (AvgIpc) is 2.38. The maximum absolute atomic E-state index is 12.2. The van der Waals surface area contributed by atoms with E-state index in [1.165, 1.54) is 0 Å². The Bertz CT molecular complexity index is 405. The lowest BCUT2D eigenvalue weighted by molar-refractivity contribution is -0.124. The Kier molecular flexibility index (Phi) is 4.12. The highest BCUT2D eigenvalue weighted by Gasteiger charge is 2.25. The molecule has 0 bridgehead atoms. The van der Waals surface area contributed by atoms with Crippen molar-refractivity contribution in [3.8, 4) is 0 Å². The molecule has 0 saturated carbocycles. The van der Waals surface area contributed by atoms with Crippen LogP contribution < -0.4 is 4.90 Å². The van der Waals surface area contributed by atoms with Crippen LogP contribution in [0.15, 0.2) is 22.8 Å². The minimum absolute atomic E-state index is 0.0644. The van der Waals surface area contributed by atoms with Crippen LogP contribution in [0.25, 0.3) is 0 Å². The minimum atomic E-state index is 0.0644. The van der Waals surface area contributed by atoms with Crippen molar-refractivity contribution in [2.75, 3.05) is 25.2 Å². The summed E-state index contributed by atoms with van der Waals surface area (Å²) in [5.41, 5.74) is 0. The second kappa shape index (κ2) is 5.60. The molecule has 2 heterocycles. The lowest BCUT2D eigenvalue weighted by Gasteiger charge is -2.26. The van der Waals surface area contributed by atoms with E-state index in [-0.39, 0.29) is 11.8 Å². The molecule has 0 unspecified atom stereocenters. The van der Waals surface area contributed by atoms with Gasteiger partial charge in [-0.15, -0.1) is 0 Å². The molecule has 1 saturated heterocycles. The van der Waals surface area contributed by atoms with Crippen molar-refractivity contribution in [2.24, 2.45) is 5.92 Å². The fourth-order valence-electron chi connectivity index (χ4n) is 1.91. The lowest BCUT2D eigenvalue weighted by Crippen LogP contribution is -2.36. The van der Waals surface area contributed by atoms with E-state index in [1.807, 2.05) is 12.1 Å². The minimum Gasteiger partial charge on any atom is -0.381 e. The van der Waals surface area contributed by atoms with Crippen LogP contribution in [0, 0.1) is 5.92 Å². The molecule has 2 rings (SSSR count). The number of carbonyl (C=O) groups excluding carboxylic acids is 1. The van der Waals surface area contributed by atoms with Crippen LogP contribution in [0.4, 0.5) is 5.82 Å². The summed E-state index contributed by atoms with van der Waals surface area (Å²) in [7, 11) is 1.77. The van der Waals surface area contributed by atoms with Crippen LogP contribution in [-0.4, -0.2) is 31.2 Å². The molecule has 0 radical (unpaired) electrons. The highest BCUT2D eigenvalue weighted by atomic mass is 79.9. The van der Waals surface area contributed by atoms with E-state index in [4.69, 9.17) is 4.74 Å². The first-order valence-corrected chi connectivity index (χ1v) is 6.44. The lowest BCUT2D eigenvalue weighted by atomic mass is 9.99. The van der Waals surface area contributed by atoms with Gasteiger partial charge in [-0.1, -0.05) is 15.9 Å². The third-order valence-electron chi connectivity index (χ3n) is 2.95. The average molecular weight is 299 g/mol. The molecule has 1 fully saturated rings. The number of nitrogens with zero attached hydrogens (tertiary/aromatic N) is 2. The number of pyridine rings is 1. The largest absolute Gasteiger partial charge is 0.381 e. The zero-order valence-electron chi connectivity index (χ0n) is 9.73. The fraction of sp³-hybridized carbons (Fsp3) is 0.500. The van der Waals surface area contributed by atoms with Crippen molar-refractivity contribution < 1.29 is 9.53 Å². The van der Waals surface area contributed by atoms with Crippen molar-refractivity contribution in [1.29, 1.82) is 0 Å². The summed E-state index contributed by atoms with van der Waals surface area (Å²) in [6.45, 7) is 1.35. The molecule has 0 aromatic carbocycles. The van der Waals surface area contributed by atoms with Crippen LogP contribution in [0.2, 0.25) is 0 Å². The molecule has 1 aliphatic heterocycles. The first-order chi connectivity index (χ1) is 8.18. The van der Waals surface area contributed by atoms with Crippen LogP contribution in [0.1, 0.15) is 12.8 Å². The van der Waals surface area contributed by atoms with E-state index in [0.717, 1.165) is 17.3 Å². The Hall–Kier alpha value is -0.940. The van der Waals surface area contributed by atoms with Crippen LogP contribution in [0.3, 0.4) is 0 Å². The SMILES string of the molecule is CN(C(=O)C1CCOCC1)c1cc(Br)ccn1. The summed E-state index contributed by atoms with van der Waals surface area (Å²) >= 11 is 3.38. The fourth-order valence-corrected chi connectivity index (χ4v) is 2.23. The van der Waals surface area contributed by atoms with Crippen molar-refractivity contribution in [1.82, 2.24) is 4.98 Å². The van der Waals surface area contributed by atoms with Gasteiger partial charge in [-0.2, -0.15) is 0 Å². The van der Waals surface area contributed by atoms with Gasteiger partial charge in [0.05, 0.1) is 0 Å². The number of carbonyl (C=O) groups is 1. The molecule has 17 heavy (non-hydrogen) atoms. The summed E-state index contributed by atoms with van der Waals surface area (Å²) in [6.07, 6.45) is 3.29. The molecular formula is C12H15BrN2O2. The van der Waals surface area contributed by atoms with E-state index in [2.05, 4.69) is 20.9 Å². The number of rotatable bonds is 2. The molecule has 4 nitrogen and oxygen atoms in total. The number of aromatic nitrogens is 1. The quantitative estimate of drug-likeness (QED) is 0.841. The van der Waals surface area contributed by atoms with Gasteiger partial charge in [0.15, 0.2) is 0 Å². The molecule has 1 aliphatic rings. The zero-order chi connectivity index (χ0) is 12.3. The van der Waals surface area contributed by atoms with Crippen LogP contribution >= 0.6 is 15.9 Å². The molecule has 1 aromatic heterocycles. The number of amides is 1. The molecule has 92 valence electrons. The van der Waals surface area contributed by atoms with E-state index >= 15 is 0 Å². The maximum atomic E-state index is 12.2. The third kappa shape index (κ3) is 3.04. The van der Waals surface area contributed by atoms with Gasteiger partial charge in [-0.05, 0) is 25.0 Å². The Morgan fingerprint density at radius 1 is 1.53 bits per heavy atom. The van der Waals surface area contributed by atoms with Crippen LogP contribution in [0.5, 0.6) is 0 Å². The van der Waals surface area contributed by atoms with Crippen molar-refractivity contribution in [2.45, 2.75) is 12.8 Å². The number of halogens is 1. The first kappa shape index (κ1) is 12.5. The topological polar surface area (TPSA) is 42.4 Å². The van der Waals surface area contributed by atoms with Gasteiger partial charge in [0, 0.05) is 36.8 Å². The molecule has 1 aromatic rings. The Morgan fingerprint density at radius 2 is 2.24 bits per heavy atom. The molecule has 5 heteroatoms. The predicted octanol–water partition coefficient (Wildman–Crippen LogP) is 2.23. The summed E-state index contributed by atoms with van der Waals surface area (Å²) in [5.74, 6) is 0.865. The Balaban J connectivity index is 2.08. The van der Waals surface area contributed by atoms with Gasteiger partial charge in [-0.25, -0.2) is 4.98 Å². The van der Waals surface area contributed by atoms with E-state index in [0.29, 0.717) is 19.0 Å². The third-order valence-corrected chi connectivity index (χ3v) is 3.45. The summed E-state index contributed by atoms with van der Waals surface area (Å²) < 4.78 is 6.19. The molecule has 1 amide bonds. The van der Waals surface area contributed by atoms with Gasteiger partial charge in [0.2, 0.25) is 5.91 Å². The summed E-state index contributed by atoms with van der Waals surface area (Å²) in [5, 5.41) is 0. The normalized spacial score (nSPS) is 16.8. The van der Waals surface area contributed by atoms with Gasteiger partial charge in [0.1, 0.15) is 5.82 Å². The molecule has 0 atom stereocenters. The van der Waals surface area contributed by atoms with Crippen molar-refractivity contribution in [3.63, 3.8) is 0 Å². The Labute approximate surface area is 109 Å². The van der Waals surface area contributed by atoms with Gasteiger partial charge in [0.25, 0.3) is 0 Å². The van der Waals surface area contributed by atoms with Crippen molar-refractivity contribution in [3.05, 3.63) is 22.8 Å². The molecule has 0 aliphatic carbocycles. The van der Waals surface area contributed by atoms with Crippen molar-refractivity contribution >= 4 is 27.7 Å². The summed E-state index contributed by atoms with van der Waals surface area (Å²) in [4.78, 5) is 18.0. The molecule has 0 N–H and O–H groups in total. The second-order valence-corrected chi connectivity index (χ2v) is 5.03. The highest BCUT2D eigenvalue weighted by Crippen LogP contribution is 2.21. The maximum Gasteiger partial charge on any atom is 0.231 e. The predicted molar refractivity (Wildman–Crippen MR) is 68.9 cm³/mol. The number of anilines is 1. The highest BCUT2D eigenvalue weighted by molar-refractivity contribution is 9.10.